The molecule has 0 radical (unpaired) electrons. The van der Waals surface area contributed by atoms with Crippen LogP contribution in [0.3, 0.4) is 0 Å². The second kappa shape index (κ2) is 7.46. The van der Waals surface area contributed by atoms with Crippen LogP contribution in [-0.2, 0) is 19.1 Å². The first-order valence-electron chi connectivity index (χ1n) is 7.36. The number of ether oxygens (including phenoxy) is 2. The lowest BCUT2D eigenvalue weighted by Gasteiger charge is -2.25. The van der Waals surface area contributed by atoms with E-state index in [1.807, 2.05) is 0 Å². The van der Waals surface area contributed by atoms with Gasteiger partial charge in [0.25, 0.3) is 0 Å². The Balaban J connectivity index is 2.23. The van der Waals surface area contributed by atoms with E-state index in [1.165, 1.54) is 19.1 Å². The van der Waals surface area contributed by atoms with Crippen molar-refractivity contribution in [1.82, 2.24) is 5.32 Å². The van der Waals surface area contributed by atoms with Crippen molar-refractivity contribution in [2.75, 3.05) is 12.4 Å². The molecule has 7 nitrogen and oxygen atoms in total. The highest BCUT2D eigenvalue weighted by Crippen LogP contribution is 2.28. The first-order chi connectivity index (χ1) is 12.1. The average Bonchev–Trinajstić information content (AvgIpc) is 2.52. The minimum Gasteiger partial charge on any atom is -0.466 e. The van der Waals surface area contributed by atoms with Crippen LogP contribution in [0, 0.1) is 5.92 Å². The number of hydrogen-bond donors (Lipinski definition) is 2. The van der Waals surface area contributed by atoms with Gasteiger partial charge in [-0.15, -0.1) is 13.2 Å². The predicted molar refractivity (Wildman–Crippen MR) is 82.7 cm³/mol. The van der Waals surface area contributed by atoms with E-state index in [1.54, 1.807) is 0 Å². The summed E-state index contributed by atoms with van der Waals surface area (Å²) < 4.78 is 45.2. The highest BCUT2D eigenvalue weighted by molar-refractivity contribution is 6.06. The van der Waals surface area contributed by atoms with Gasteiger partial charge in [0.2, 0.25) is 11.8 Å². The van der Waals surface area contributed by atoms with Crippen molar-refractivity contribution in [3.05, 3.63) is 35.5 Å². The zero-order valence-corrected chi connectivity index (χ0v) is 13.8. The summed E-state index contributed by atoms with van der Waals surface area (Å²) in [6.07, 6.45) is -5.17. The molecule has 0 unspecified atom stereocenters. The molecule has 1 aliphatic heterocycles. The molecule has 1 aliphatic rings. The molecule has 0 saturated carbocycles. The summed E-state index contributed by atoms with van der Waals surface area (Å²) in [5.41, 5.74) is 0.180. The molecule has 0 fully saturated rings. The lowest BCUT2D eigenvalue weighted by atomic mass is 9.89. The van der Waals surface area contributed by atoms with E-state index in [9.17, 15) is 27.6 Å². The zero-order chi connectivity index (χ0) is 19.5. The minimum atomic E-state index is -4.87. The van der Waals surface area contributed by atoms with Crippen molar-refractivity contribution in [2.45, 2.75) is 19.7 Å². The number of benzene rings is 1. The number of carbonyl (C=O) groups excluding carboxylic acids is 3. The van der Waals surface area contributed by atoms with E-state index in [0.29, 0.717) is 0 Å². The molecule has 0 spiro atoms. The molecule has 10 heteroatoms. The van der Waals surface area contributed by atoms with Gasteiger partial charge in [-0.2, -0.15) is 0 Å². The summed E-state index contributed by atoms with van der Waals surface area (Å²) in [6.45, 7) is 1.45. The van der Waals surface area contributed by atoms with Crippen molar-refractivity contribution in [2.24, 2.45) is 5.92 Å². The maximum atomic E-state index is 12.5. The summed E-state index contributed by atoms with van der Waals surface area (Å²) in [4.78, 5) is 36.1. The van der Waals surface area contributed by atoms with Crippen LogP contribution in [0.15, 0.2) is 35.5 Å². The Hall–Kier alpha value is -3.04. The molecule has 0 bridgehead atoms. The highest BCUT2D eigenvalue weighted by Gasteiger charge is 2.36. The Bertz CT molecular complexity index is 773. The molecule has 1 atom stereocenters. The normalized spacial score (nSPS) is 17.4. The smallest absolute Gasteiger partial charge is 0.466 e. The van der Waals surface area contributed by atoms with E-state index in [2.05, 4.69) is 20.1 Å². The molecule has 0 aliphatic carbocycles. The van der Waals surface area contributed by atoms with Crippen molar-refractivity contribution in [3.63, 3.8) is 0 Å². The number of amides is 2. The van der Waals surface area contributed by atoms with E-state index in [4.69, 9.17) is 0 Å². The molecule has 2 N–H and O–H groups in total. The van der Waals surface area contributed by atoms with Gasteiger partial charge in [-0.3, -0.25) is 9.59 Å². The van der Waals surface area contributed by atoms with Crippen molar-refractivity contribution >= 4 is 23.5 Å². The van der Waals surface area contributed by atoms with E-state index >= 15 is 0 Å². The second-order valence-electron chi connectivity index (χ2n) is 5.40. The van der Waals surface area contributed by atoms with Gasteiger partial charge < -0.3 is 20.1 Å². The largest absolute Gasteiger partial charge is 0.573 e. The molecule has 2 amide bonds. The quantitative estimate of drug-likeness (QED) is 0.790. The molecule has 1 heterocycles. The fourth-order valence-corrected chi connectivity index (χ4v) is 2.51. The molecule has 2 rings (SSSR count). The van der Waals surface area contributed by atoms with Crippen LogP contribution >= 0.6 is 0 Å². The predicted octanol–water partition coefficient (Wildman–Crippen LogP) is 2.11. The molecule has 0 saturated heterocycles. The van der Waals surface area contributed by atoms with Crippen LogP contribution in [-0.4, -0.2) is 31.3 Å². The monoisotopic (exact) mass is 372 g/mol. The van der Waals surface area contributed by atoms with Gasteiger partial charge in [-0.05, 0) is 19.1 Å². The van der Waals surface area contributed by atoms with Crippen LogP contribution in [0.25, 0.3) is 0 Å². The topological polar surface area (TPSA) is 93.7 Å². The maximum Gasteiger partial charge on any atom is 0.573 e. The third-order valence-corrected chi connectivity index (χ3v) is 3.53. The molecular formula is C16H15F3N2O5. The van der Waals surface area contributed by atoms with E-state index in [-0.39, 0.29) is 23.4 Å². The number of anilines is 1. The molecule has 1 aromatic carbocycles. The summed E-state index contributed by atoms with van der Waals surface area (Å²) in [5.74, 6) is -3.63. The average molecular weight is 372 g/mol. The molecular weight excluding hydrogens is 357 g/mol. The highest BCUT2D eigenvalue weighted by atomic mass is 19.4. The summed E-state index contributed by atoms with van der Waals surface area (Å²) in [6, 6.07) is 4.65. The van der Waals surface area contributed by atoms with Crippen LogP contribution in [0.1, 0.15) is 13.3 Å². The Labute approximate surface area is 146 Å². The maximum absolute atomic E-state index is 12.5. The van der Waals surface area contributed by atoms with E-state index in [0.717, 1.165) is 19.2 Å². The number of esters is 1. The van der Waals surface area contributed by atoms with Crippen molar-refractivity contribution in [3.8, 4) is 5.75 Å². The number of methoxy groups -OCH3 is 1. The summed E-state index contributed by atoms with van der Waals surface area (Å²) >= 11 is 0. The number of halogens is 3. The number of hydrogen-bond acceptors (Lipinski definition) is 5. The molecule has 1 aromatic rings. The van der Waals surface area contributed by atoms with Crippen LogP contribution < -0.4 is 15.4 Å². The van der Waals surface area contributed by atoms with Crippen molar-refractivity contribution < 1.29 is 37.0 Å². The number of carbonyl (C=O) groups is 3. The van der Waals surface area contributed by atoms with Crippen LogP contribution in [0.5, 0.6) is 5.75 Å². The number of alkyl halides is 3. The van der Waals surface area contributed by atoms with Gasteiger partial charge in [-0.25, -0.2) is 4.79 Å². The van der Waals surface area contributed by atoms with E-state index < -0.39 is 35.8 Å². The Morgan fingerprint density at radius 2 is 2.00 bits per heavy atom. The van der Waals surface area contributed by atoms with Gasteiger partial charge in [0.15, 0.2) is 0 Å². The standard InChI is InChI=1S/C16H15F3N2O5/c1-8-13(15(24)25-2)11(7-12(22)20-8)14(23)21-9-4-3-5-10(6-9)26-16(17,18)19/h3-6,11H,7H2,1-2H3,(H,20,22)(H,21,23)/t11-/m1/s1. The first-order valence-corrected chi connectivity index (χ1v) is 7.36. The summed E-state index contributed by atoms with van der Waals surface area (Å²) in [5, 5.41) is 4.82. The fourth-order valence-electron chi connectivity index (χ4n) is 2.51. The molecule has 26 heavy (non-hydrogen) atoms. The lowest BCUT2D eigenvalue weighted by Crippen LogP contribution is -2.40. The second-order valence-corrected chi connectivity index (χ2v) is 5.40. The first kappa shape index (κ1) is 19.3. The fraction of sp³-hybridized carbons (Fsp3) is 0.312. The molecule has 140 valence electrons. The molecule has 0 aromatic heterocycles. The van der Waals surface area contributed by atoms with Gasteiger partial charge in [0, 0.05) is 23.9 Å². The Morgan fingerprint density at radius 3 is 2.62 bits per heavy atom. The Morgan fingerprint density at radius 1 is 1.31 bits per heavy atom. The number of rotatable bonds is 4. The van der Waals surface area contributed by atoms with Gasteiger partial charge >= 0.3 is 12.3 Å². The third kappa shape index (κ3) is 4.74. The zero-order valence-electron chi connectivity index (χ0n) is 13.8. The van der Waals surface area contributed by atoms with Gasteiger partial charge in [0.1, 0.15) is 5.75 Å². The third-order valence-electron chi connectivity index (χ3n) is 3.53. The van der Waals surface area contributed by atoms with Crippen LogP contribution in [0.4, 0.5) is 18.9 Å². The van der Waals surface area contributed by atoms with Crippen LogP contribution in [0.2, 0.25) is 0 Å². The SMILES string of the molecule is COC(=O)C1=C(C)NC(=O)C[C@H]1C(=O)Nc1cccc(OC(F)(F)F)c1. The van der Waals surface area contributed by atoms with Gasteiger partial charge in [0.05, 0.1) is 18.6 Å². The Kier molecular flexibility index (Phi) is 5.53. The number of allylic oxidation sites excluding steroid dienone is 1. The number of nitrogens with one attached hydrogen (secondary N) is 2. The summed E-state index contributed by atoms with van der Waals surface area (Å²) in [7, 11) is 1.13. The van der Waals surface area contributed by atoms with Crippen molar-refractivity contribution in [1.29, 1.82) is 0 Å². The van der Waals surface area contributed by atoms with Gasteiger partial charge in [-0.1, -0.05) is 6.07 Å². The minimum absolute atomic E-state index is 0.0181. The lowest BCUT2D eigenvalue weighted by molar-refractivity contribution is -0.274.